The van der Waals surface area contributed by atoms with Crippen LogP contribution in [0, 0.1) is 6.92 Å². The van der Waals surface area contributed by atoms with Crippen molar-refractivity contribution in [2.45, 2.75) is 25.5 Å². The van der Waals surface area contributed by atoms with Crippen molar-refractivity contribution < 1.29 is 19.4 Å². The zero-order valence-electron chi connectivity index (χ0n) is 13.7. The number of benzene rings is 2. The maximum atomic E-state index is 12.2. The Labute approximate surface area is 141 Å². The lowest BCUT2D eigenvalue weighted by Gasteiger charge is -2.19. The third kappa shape index (κ3) is 4.67. The van der Waals surface area contributed by atoms with Gasteiger partial charge in [-0.15, -0.1) is 0 Å². The number of nitrogens with one attached hydrogen (secondary N) is 1. The van der Waals surface area contributed by atoms with E-state index in [4.69, 9.17) is 4.74 Å². The van der Waals surface area contributed by atoms with E-state index in [2.05, 4.69) is 5.32 Å². The first-order valence-corrected chi connectivity index (χ1v) is 7.68. The molecule has 2 aromatic carbocycles. The zero-order chi connectivity index (χ0) is 17.5. The largest absolute Gasteiger partial charge is 0.467 e. The molecule has 0 radical (unpaired) electrons. The Morgan fingerprint density at radius 1 is 1.08 bits per heavy atom. The van der Waals surface area contributed by atoms with Crippen LogP contribution in [0.5, 0.6) is 0 Å². The fourth-order valence-corrected chi connectivity index (χ4v) is 2.33. The Kier molecular flexibility index (Phi) is 6.09. The van der Waals surface area contributed by atoms with Gasteiger partial charge in [0.1, 0.15) is 6.04 Å². The molecule has 5 heteroatoms. The molecule has 0 saturated heterocycles. The van der Waals surface area contributed by atoms with E-state index in [9.17, 15) is 14.7 Å². The lowest BCUT2D eigenvalue weighted by molar-refractivity contribution is -0.146. The van der Waals surface area contributed by atoms with Crippen molar-refractivity contribution in [3.05, 3.63) is 71.3 Å². The van der Waals surface area contributed by atoms with Gasteiger partial charge >= 0.3 is 5.97 Å². The summed E-state index contributed by atoms with van der Waals surface area (Å²) in [7, 11) is 1.27. The van der Waals surface area contributed by atoms with Crippen LogP contribution in [0.25, 0.3) is 0 Å². The standard InChI is InChI=1S/C19H21NO4/c1-13-8-10-14(11-9-13)12-16(19(23)24-2)20-18(22)17(21)15-6-4-3-5-7-15/h3-11,16-17,21H,12H2,1-2H3,(H,20,22)/t16-,17-/m0/s1. The Morgan fingerprint density at radius 3 is 2.29 bits per heavy atom. The summed E-state index contributed by atoms with van der Waals surface area (Å²) in [6.45, 7) is 1.97. The van der Waals surface area contributed by atoms with Gasteiger partial charge < -0.3 is 15.2 Å². The van der Waals surface area contributed by atoms with Gasteiger partial charge in [-0.05, 0) is 18.1 Å². The Hall–Kier alpha value is -2.66. The van der Waals surface area contributed by atoms with Crippen molar-refractivity contribution in [3.8, 4) is 0 Å². The lowest BCUT2D eigenvalue weighted by atomic mass is 10.0. The van der Waals surface area contributed by atoms with Crippen molar-refractivity contribution >= 4 is 11.9 Å². The van der Waals surface area contributed by atoms with Gasteiger partial charge in [-0.2, -0.15) is 0 Å². The third-order valence-corrected chi connectivity index (χ3v) is 3.73. The van der Waals surface area contributed by atoms with Crippen LogP contribution >= 0.6 is 0 Å². The van der Waals surface area contributed by atoms with E-state index in [-0.39, 0.29) is 0 Å². The number of hydrogen-bond donors (Lipinski definition) is 2. The van der Waals surface area contributed by atoms with Crippen molar-refractivity contribution in [2.24, 2.45) is 0 Å². The number of hydrogen-bond acceptors (Lipinski definition) is 4. The second-order valence-electron chi connectivity index (χ2n) is 5.59. The summed E-state index contributed by atoms with van der Waals surface area (Å²) in [6, 6.07) is 15.4. The highest BCUT2D eigenvalue weighted by Crippen LogP contribution is 2.13. The first-order chi connectivity index (χ1) is 11.5. The summed E-state index contributed by atoms with van der Waals surface area (Å²) in [5.74, 6) is -1.19. The van der Waals surface area contributed by atoms with Crippen LogP contribution in [-0.4, -0.2) is 30.1 Å². The molecule has 2 N–H and O–H groups in total. The number of rotatable bonds is 6. The molecule has 0 aliphatic rings. The normalized spacial score (nSPS) is 13.0. The molecule has 0 aliphatic heterocycles. The molecule has 0 fully saturated rings. The predicted octanol–water partition coefficient (Wildman–Crippen LogP) is 1.93. The van der Waals surface area contributed by atoms with Crippen LogP contribution in [0.4, 0.5) is 0 Å². The van der Waals surface area contributed by atoms with Gasteiger partial charge in [0, 0.05) is 6.42 Å². The number of aryl methyl sites for hydroxylation is 1. The average Bonchev–Trinajstić information content (AvgIpc) is 2.62. The third-order valence-electron chi connectivity index (χ3n) is 3.73. The molecule has 2 atom stereocenters. The summed E-state index contributed by atoms with van der Waals surface area (Å²) in [4.78, 5) is 24.2. The highest BCUT2D eigenvalue weighted by Gasteiger charge is 2.26. The molecule has 0 unspecified atom stereocenters. The first kappa shape index (κ1) is 17.7. The van der Waals surface area contributed by atoms with Gasteiger partial charge in [0.15, 0.2) is 6.10 Å². The minimum absolute atomic E-state index is 0.292. The molecule has 0 spiro atoms. The lowest BCUT2D eigenvalue weighted by Crippen LogP contribution is -2.45. The molecule has 0 bridgehead atoms. The highest BCUT2D eigenvalue weighted by atomic mass is 16.5. The van der Waals surface area contributed by atoms with Gasteiger partial charge in [-0.25, -0.2) is 4.79 Å². The molecule has 0 aromatic heterocycles. The number of carbonyl (C=O) groups is 2. The Morgan fingerprint density at radius 2 is 1.71 bits per heavy atom. The van der Waals surface area contributed by atoms with Crippen LogP contribution in [0.1, 0.15) is 22.8 Å². The second kappa shape index (κ2) is 8.26. The number of ether oxygens (including phenoxy) is 1. The molecular weight excluding hydrogens is 306 g/mol. The smallest absolute Gasteiger partial charge is 0.328 e. The van der Waals surface area contributed by atoms with Crippen LogP contribution in [0.2, 0.25) is 0 Å². The molecule has 24 heavy (non-hydrogen) atoms. The minimum atomic E-state index is -1.34. The topological polar surface area (TPSA) is 75.6 Å². The van der Waals surface area contributed by atoms with E-state index in [1.165, 1.54) is 7.11 Å². The van der Waals surface area contributed by atoms with E-state index in [0.29, 0.717) is 12.0 Å². The Balaban J connectivity index is 2.09. The SMILES string of the molecule is COC(=O)[C@H](Cc1ccc(C)cc1)NC(=O)[C@@H](O)c1ccccc1. The van der Waals surface area contributed by atoms with Crippen LogP contribution in [-0.2, 0) is 20.7 Å². The number of methoxy groups -OCH3 is 1. The molecule has 126 valence electrons. The maximum absolute atomic E-state index is 12.2. The molecule has 2 rings (SSSR count). The van der Waals surface area contributed by atoms with Crippen molar-refractivity contribution in [1.82, 2.24) is 5.32 Å². The van der Waals surface area contributed by atoms with Crippen LogP contribution < -0.4 is 5.32 Å². The summed E-state index contributed by atoms with van der Waals surface area (Å²) >= 11 is 0. The van der Waals surface area contributed by atoms with Crippen molar-refractivity contribution in [1.29, 1.82) is 0 Å². The van der Waals surface area contributed by atoms with Gasteiger partial charge in [-0.3, -0.25) is 4.79 Å². The summed E-state index contributed by atoms with van der Waals surface area (Å²) < 4.78 is 4.76. The van der Waals surface area contributed by atoms with E-state index >= 15 is 0 Å². The zero-order valence-corrected chi connectivity index (χ0v) is 13.7. The molecule has 0 saturated carbocycles. The molecule has 5 nitrogen and oxygen atoms in total. The van der Waals surface area contributed by atoms with E-state index in [1.54, 1.807) is 30.3 Å². The number of carbonyl (C=O) groups excluding carboxylic acids is 2. The van der Waals surface area contributed by atoms with E-state index < -0.39 is 24.0 Å². The van der Waals surface area contributed by atoms with E-state index in [0.717, 1.165) is 11.1 Å². The van der Waals surface area contributed by atoms with E-state index in [1.807, 2.05) is 31.2 Å². The summed E-state index contributed by atoms with van der Waals surface area (Å²) in [5, 5.41) is 12.7. The molecule has 1 amide bonds. The number of amides is 1. The molecule has 0 aliphatic carbocycles. The maximum Gasteiger partial charge on any atom is 0.328 e. The fourth-order valence-electron chi connectivity index (χ4n) is 2.33. The van der Waals surface area contributed by atoms with Gasteiger partial charge in [0.25, 0.3) is 5.91 Å². The van der Waals surface area contributed by atoms with Crippen LogP contribution in [0.15, 0.2) is 54.6 Å². The van der Waals surface area contributed by atoms with Crippen molar-refractivity contribution in [3.63, 3.8) is 0 Å². The predicted molar refractivity (Wildman–Crippen MR) is 90.2 cm³/mol. The molecular formula is C19H21NO4. The summed E-state index contributed by atoms with van der Waals surface area (Å²) in [5.41, 5.74) is 2.47. The van der Waals surface area contributed by atoms with Crippen molar-refractivity contribution in [2.75, 3.05) is 7.11 Å². The molecule has 0 heterocycles. The Bertz CT molecular complexity index is 682. The highest BCUT2D eigenvalue weighted by molar-refractivity contribution is 5.87. The van der Waals surface area contributed by atoms with Gasteiger partial charge in [-0.1, -0.05) is 60.2 Å². The minimum Gasteiger partial charge on any atom is -0.467 e. The van der Waals surface area contributed by atoms with Gasteiger partial charge in [0.05, 0.1) is 7.11 Å². The first-order valence-electron chi connectivity index (χ1n) is 7.68. The number of aliphatic hydroxyl groups is 1. The number of aliphatic hydroxyl groups excluding tert-OH is 1. The quantitative estimate of drug-likeness (QED) is 0.795. The molecule has 2 aromatic rings. The summed E-state index contributed by atoms with van der Waals surface area (Å²) in [6.07, 6.45) is -1.04. The monoisotopic (exact) mass is 327 g/mol. The number of esters is 1. The average molecular weight is 327 g/mol. The second-order valence-corrected chi connectivity index (χ2v) is 5.59. The van der Waals surface area contributed by atoms with Gasteiger partial charge in [0.2, 0.25) is 0 Å². The van der Waals surface area contributed by atoms with Crippen LogP contribution in [0.3, 0.4) is 0 Å². The fraction of sp³-hybridized carbons (Fsp3) is 0.263.